The Bertz CT molecular complexity index is 347. The van der Waals surface area contributed by atoms with Gasteiger partial charge in [-0.3, -0.25) is 0 Å². The number of rotatable bonds is 6. The summed E-state index contributed by atoms with van der Waals surface area (Å²) in [5, 5.41) is 0. The molecule has 0 saturated heterocycles. The lowest BCUT2D eigenvalue weighted by Crippen LogP contribution is -2.14. The minimum Gasteiger partial charge on any atom is -0.371 e. The average Bonchev–Trinajstić information content (AvgIpc) is 2.28. The highest BCUT2D eigenvalue weighted by atomic mass is 16.5. The number of hydrogen-bond donors (Lipinski definition) is 1. The van der Waals surface area contributed by atoms with Crippen LogP contribution in [0.4, 0.5) is 0 Å². The minimum absolute atomic E-state index is 0.00540. The van der Waals surface area contributed by atoms with Crippen LogP contribution in [0.1, 0.15) is 62.8 Å². The second kappa shape index (κ2) is 6.67. The summed E-state index contributed by atoms with van der Waals surface area (Å²) in [6, 6.07) is -0.0271. The molecule has 4 heteroatoms. The molecule has 1 rings (SSSR count). The quantitative estimate of drug-likeness (QED) is 0.826. The van der Waals surface area contributed by atoms with E-state index in [0.29, 0.717) is 6.61 Å². The Morgan fingerprint density at radius 2 is 2.12 bits per heavy atom. The largest absolute Gasteiger partial charge is 0.371 e. The highest BCUT2D eigenvalue weighted by Crippen LogP contribution is 2.21. The van der Waals surface area contributed by atoms with Crippen molar-refractivity contribution in [2.75, 3.05) is 6.61 Å². The summed E-state index contributed by atoms with van der Waals surface area (Å²) in [5.41, 5.74) is 7.80. The van der Waals surface area contributed by atoms with E-state index in [1.807, 2.05) is 27.0 Å². The van der Waals surface area contributed by atoms with Gasteiger partial charge in [0.1, 0.15) is 6.10 Å². The van der Waals surface area contributed by atoms with Crippen molar-refractivity contribution in [3.63, 3.8) is 0 Å². The van der Waals surface area contributed by atoms with Gasteiger partial charge in [-0.1, -0.05) is 13.3 Å². The van der Waals surface area contributed by atoms with Crippen molar-refractivity contribution in [2.24, 2.45) is 5.73 Å². The molecular formula is C13H23N3O. The van der Waals surface area contributed by atoms with Crippen LogP contribution in [0.3, 0.4) is 0 Å². The topological polar surface area (TPSA) is 61.0 Å². The van der Waals surface area contributed by atoms with Crippen LogP contribution in [0.5, 0.6) is 0 Å². The molecule has 0 aromatic carbocycles. The molecule has 0 aliphatic heterocycles. The summed E-state index contributed by atoms with van der Waals surface area (Å²) in [7, 11) is 0. The lowest BCUT2D eigenvalue weighted by atomic mass is 10.1. The molecule has 2 N–H and O–H groups in total. The molecule has 17 heavy (non-hydrogen) atoms. The van der Waals surface area contributed by atoms with Gasteiger partial charge in [-0.25, -0.2) is 9.97 Å². The van der Waals surface area contributed by atoms with Gasteiger partial charge in [0, 0.05) is 30.1 Å². The van der Waals surface area contributed by atoms with Crippen molar-refractivity contribution in [1.82, 2.24) is 9.97 Å². The van der Waals surface area contributed by atoms with Gasteiger partial charge < -0.3 is 10.5 Å². The van der Waals surface area contributed by atoms with E-state index in [1.54, 1.807) is 0 Å². The summed E-state index contributed by atoms with van der Waals surface area (Å²) in [4.78, 5) is 8.90. The SMILES string of the molecule is CCCC(OCC)c1ncc([C@@H](C)N)c(C)n1. The molecule has 96 valence electrons. The van der Waals surface area contributed by atoms with Gasteiger partial charge in [0.2, 0.25) is 0 Å². The second-order valence-corrected chi connectivity index (χ2v) is 4.29. The summed E-state index contributed by atoms with van der Waals surface area (Å²) < 4.78 is 5.67. The fourth-order valence-electron chi connectivity index (χ4n) is 1.85. The number of hydrogen-bond acceptors (Lipinski definition) is 4. The van der Waals surface area contributed by atoms with Crippen molar-refractivity contribution in [1.29, 1.82) is 0 Å². The van der Waals surface area contributed by atoms with Crippen molar-refractivity contribution in [2.45, 2.75) is 52.7 Å². The van der Waals surface area contributed by atoms with Crippen LogP contribution in [0.2, 0.25) is 0 Å². The van der Waals surface area contributed by atoms with Crippen LogP contribution >= 0.6 is 0 Å². The molecular weight excluding hydrogens is 214 g/mol. The molecule has 1 aromatic heterocycles. The maximum Gasteiger partial charge on any atom is 0.157 e. The third-order valence-electron chi connectivity index (χ3n) is 2.73. The van der Waals surface area contributed by atoms with Crippen molar-refractivity contribution in [3.8, 4) is 0 Å². The van der Waals surface area contributed by atoms with Crippen LogP contribution in [0, 0.1) is 6.92 Å². The van der Waals surface area contributed by atoms with E-state index < -0.39 is 0 Å². The third kappa shape index (κ3) is 3.75. The summed E-state index contributed by atoms with van der Waals surface area (Å²) in [6.07, 6.45) is 3.84. The lowest BCUT2D eigenvalue weighted by molar-refractivity contribution is 0.0492. The highest BCUT2D eigenvalue weighted by molar-refractivity contribution is 5.19. The first-order chi connectivity index (χ1) is 8.10. The smallest absolute Gasteiger partial charge is 0.157 e. The average molecular weight is 237 g/mol. The predicted molar refractivity (Wildman–Crippen MR) is 68.6 cm³/mol. The van der Waals surface area contributed by atoms with Gasteiger partial charge in [-0.2, -0.15) is 0 Å². The van der Waals surface area contributed by atoms with E-state index in [2.05, 4.69) is 16.9 Å². The standard InChI is InChI=1S/C13H23N3O/c1-5-7-12(17-6-2)13-15-8-11(9(3)14)10(4)16-13/h8-9,12H,5-7,14H2,1-4H3/t9-,12?/m1/s1. The molecule has 0 bridgehead atoms. The van der Waals surface area contributed by atoms with Crippen molar-refractivity contribution >= 4 is 0 Å². The van der Waals surface area contributed by atoms with Gasteiger partial charge in [-0.15, -0.1) is 0 Å². The number of nitrogens with zero attached hydrogens (tertiary/aromatic N) is 2. The monoisotopic (exact) mass is 237 g/mol. The molecule has 0 radical (unpaired) electrons. The normalized spacial score (nSPS) is 14.6. The molecule has 1 aromatic rings. The number of aryl methyl sites for hydroxylation is 1. The van der Waals surface area contributed by atoms with Crippen LogP contribution < -0.4 is 5.73 Å². The molecule has 0 fully saturated rings. The third-order valence-corrected chi connectivity index (χ3v) is 2.73. The Balaban J connectivity index is 2.93. The second-order valence-electron chi connectivity index (χ2n) is 4.29. The van der Waals surface area contributed by atoms with E-state index in [0.717, 1.165) is 29.9 Å². The van der Waals surface area contributed by atoms with Gasteiger partial charge in [0.05, 0.1) is 0 Å². The maximum atomic E-state index is 5.85. The first kappa shape index (κ1) is 14.1. The van der Waals surface area contributed by atoms with E-state index >= 15 is 0 Å². The molecule has 0 aliphatic carbocycles. The zero-order valence-electron chi connectivity index (χ0n) is 11.2. The maximum absolute atomic E-state index is 5.85. The van der Waals surface area contributed by atoms with Gasteiger partial charge in [0.15, 0.2) is 5.82 Å². The fraction of sp³-hybridized carbons (Fsp3) is 0.692. The molecule has 1 unspecified atom stereocenters. The first-order valence-corrected chi connectivity index (χ1v) is 6.30. The summed E-state index contributed by atoms with van der Waals surface area (Å²) in [5.74, 6) is 0.774. The van der Waals surface area contributed by atoms with E-state index in [4.69, 9.17) is 10.5 Å². The lowest BCUT2D eigenvalue weighted by Gasteiger charge is -2.17. The Hall–Kier alpha value is -1.00. The van der Waals surface area contributed by atoms with Crippen LogP contribution in [0.25, 0.3) is 0 Å². The van der Waals surface area contributed by atoms with Crippen molar-refractivity contribution < 1.29 is 4.74 Å². The summed E-state index contributed by atoms with van der Waals surface area (Å²) in [6.45, 7) is 8.72. The summed E-state index contributed by atoms with van der Waals surface area (Å²) >= 11 is 0. The zero-order chi connectivity index (χ0) is 12.8. The number of aromatic nitrogens is 2. The molecule has 0 amide bonds. The van der Waals surface area contributed by atoms with Gasteiger partial charge in [-0.05, 0) is 27.2 Å². The molecule has 0 aliphatic rings. The molecule has 0 saturated carbocycles. The molecule has 2 atom stereocenters. The molecule has 4 nitrogen and oxygen atoms in total. The first-order valence-electron chi connectivity index (χ1n) is 6.30. The van der Waals surface area contributed by atoms with Crippen LogP contribution in [-0.4, -0.2) is 16.6 Å². The van der Waals surface area contributed by atoms with Crippen molar-refractivity contribution in [3.05, 3.63) is 23.3 Å². The fourth-order valence-corrected chi connectivity index (χ4v) is 1.85. The zero-order valence-corrected chi connectivity index (χ0v) is 11.2. The van der Waals surface area contributed by atoms with Crippen LogP contribution in [-0.2, 0) is 4.74 Å². The van der Waals surface area contributed by atoms with E-state index in [9.17, 15) is 0 Å². The number of nitrogens with two attached hydrogens (primary N) is 1. The Morgan fingerprint density at radius 1 is 1.41 bits per heavy atom. The molecule has 1 heterocycles. The Morgan fingerprint density at radius 3 is 2.59 bits per heavy atom. The molecule has 0 spiro atoms. The Labute approximate surface area is 104 Å². The minimum atomic E-state index is -0.0271. The highest BCUT2D eigenvalue weighted by Gasteiger charge is 2.15. The van der Waals surface area contributed by atoms with Gasteiger partial charge in [0.25, 0.3) is 0 Å². The number of ether oxygens (including phenoxy) is 1. The predicted octanol–water partition coefficient (Wildman–Crippen LogP) is 2.68. The van der Waals surface area contributed by atoms with Crippen LogP contribution in [0.15, 0.2) is 6.20 Å². The van der Waals surface area contributed by atoms with Gasteiger partial charge >= 0.3 is 0 Å². The Kier molecular flexibility index (Phi) is 5.51. The van der Waals surface area contributed by atoms with E-state index in [-0.39, 0.29) is 12.1 Å². The van der Waals surface area contributed by atoms with E-state index in [1.165, 1.54) is 0 Å².